The molecular formula is C21H23ClI2N2O4. The molecule has 2 aromatic carbocycles. The van der Waals surface area contributed by atoms with Crippen LogP contribution in [0.1, 0.15) is 24.0 Å². The van der Waals surface area contributed by atoms with E-state index < -0.39 is 6.09 Å². The number of hydrogen-bond donors (Lipinski definition) is 1. The number of carbonyl (C=O) groups excluding carboxylic acids is 1. The average Bonchev–Trinajstić information content (AvgIpc) is 2.72. The Morgan fingerprint density at radius 3 is 2.33 bits per heavy atom. The largest absolute Gasteiger partial charge is 0.475 e. The molecule has 162 valence electrons. The van der Waals surface area contributed by atoms with Crippen molar-refractivity contribution >= 4 is 63.7 Å². The van der Waals surface area contributed by atoms with Crippen LogP contribution in [0.5, 0.6) is 11.5 Å². The van der Waals surface area contributed by atoms with Gasteiger partial charge < -0.3 is 14.2 Å². The Morgan fingerprint density at radius 1 is 1.07 bits per heavy atom. The van der Waals surface area contributed by atoms with Crippen molar-refractivity contribution in [2.75, 3.05) is 13.8 Å². The van der Waals surface area contributed by atoms with E-state index >= 15 is 0 Å². The third kappa shape index (κ3) is 5.63. The van der Waals surface area contributed by atoms with Gasteiger partial charge in [0.25, 0.3) is 0 Å². The summed E-state index contributed by atoms with van der Waals surface area (Å²) in [6.07, 6.45) is 2.49. The smallest absolute Gasteiger partial charge is 0.413 e. The number of fused-ring (bicyclic) bond motifs is 2. The zero-order valence-corrected chi connectivity index (χ0v) is 21.5. The van der Waals surface area contributed by atoms with E-state index in [1.54, 1.807) is 7.05 Å². The summed E-state index contributed by atoms with van der Waals surface area (Å²) < 4.78 is 19.7. The maximum absolute atomic E-state index is 12.4. The van der Waals surface area contributed by atoms with Gasteiger partial charge in [-0.25, -0.2) is 10.1 Å². The molecule has 6 nitrogen and oxygen atoms in total. The molecule has 0 saturated heterocycles. The van der Waals surface area contributed by atoms with E-state index in [0.29, 0.717) is 0 Å². The van der Waals surface area contributed by atoms with Crippen LogP contribution in [0.15, 0.2) is 36.4 Å². The van der Waals surface area contributed by atoms with Crippen LogP contribution in [-0.2, 0) is 17.6 Å². The van der Waals surface area contributed by atoms with Gasteiger partial charge in [-0.3, -0.25) is 4.90 Å². The number of benzene rings is 2. The fraction of sp³-hybridized carbons (Fsp3) is 0.381. The molecule has 0 bridgehead atoms. The van der Waals surface area contributed by atoms with E-state index in [2.05, 4.69) is 62.6 Å². The number of nitrogens with one attached hydrogen (secondary N) is 1. The van der Waals surface area contributed by atoms with Crippen LogP contribution in [0.2, 0.25) is 0 Å². The van der Waals surface area contributed by atoms with Gasteiger partial charge in [-0.05, 0) is 106 Å². The van der Waals surface area contributed by atoms with E-state index in [-0.39, 0.29) is 31.6 Å². The molecule has 0 spiro atoms. The minimum absolute atomic E-state index is 0. The van der Waals surface area contributed by atoms with E-state index in [9.17, 15) is 4.79 Å². The van der Waals surface area contributed by atoms with E-state index in [4.69, 9.17) is 14.2 Å². The second kappa shape index (κ2) is 10.6. The molecule has 0 fully saturated rings. The Morgan fingerprint density at radius 2 is 1.67 bits per heavy atom. The molecule has 2 aliphatic heterocycles. The molecule has 2 aliphatic rings. The molecule has 2 atom stereocenters. The van der Waals surface area contributed by atoms with Gasteiger partial charge in [0.15, 0.2) is 12.5 Å². The van der Waals surface area contributed by atoms with Gasteiger partial charge in [-0.1, -0.05) is 0 Å². The second-order valence-corrected chi connectivity index (χ2v) is 9.62. The lowest BCUT2D eigenvalue weighted by molar-refractivity contribution is 0.00817. The molecule has 1 amide bonds. The summed E-state index contributed by atoms with van der Waals surface area (Å²) in [4.78, 5) is 13.9. The standard InChI is InChI=1S/C21H22I2N2O4.ClH/c1-25(20-9-3-14-11-16(23)5-7-18(14)29-20)21(26)27-12-24-19-8-2-13-10-15(22)4-6-17(13)28-19;/h4-7,10-11,19-20,24H,2-3,8-9,12H2,1H3;1H/t19-,20-;/m1./s1. The van der Waals surface area contributed by atoms with Crippen LogP contribution < -0.4 is 14.8 Å². The molecule has 9 heteroatoms. The Bertz CT molecular complexity index is 915. The molecule has 4 rings (SSSR count). The zero-order valence-electron chi connectivity index (χ0n) is 16.4. The highest BCUT2D eigenvalue weighted by atomic mass is 127. The summed E-state index contributed by atoms with van der Waals surface area (Å²) in [7, 11) is 1.71. The minimum Gasteiger partial charge on any atom is -0.475 e. The Kier molecular flexibility index (Phi) is 8.33. The van der Waals surface area contributed by atoms with Gasteiger partial charge in [0.2, 0.25) is 0 Å². The lowest BCUT2D eigenvalue weighted by atomic mass is 10.1. The quantitative estimate of drug-likeness (QED) is 0.374. The fourth-order valence-electron chi connectivity index (χ4n) is 3.53. The van der Waals surface area contributed by atoms with Crippen LogP contribution in [0.3, 0.4) is 0 Å². The van der Waals surface area contributed by atoms with Gasteiger partial charge in [0.05, 0.1) is 0 Å². The SMILES string of the molecule is CN(C(=O)OCN[C@H]1CCc2cc(I)ccc2O1)[C@H]1CCc2cc(I)ccc2O1.Cl. The molecule has 30 heavy (non-hydrogen) atoms. The first-order valence-corrected chi connectivity index (χ1v) is 11.7. The highest BCUT2D eigenvalue weighted by Crippen LogP contribution is 2.30. The van der Waals surface area contributed by atoms with Crippen molar-refractivity contribution in [1.29, 1.82) is 0 Å². The van der Waals surface area contributed by atoms with E-state index in [0.717, 1.165) is 37.2 Å². The third-order valence-corrected chi connectivity index (χ3v) is 6.48. The van der Waals surface area contributed by atoms with Gasteiger partial charge >= 0.3 is 6.09 Å². The van der Waals surface area contributed by atoms with Crippen molar-refractivity contribution in [3.05, 3.63) is 54.7 Å². The van der Waals surface area contributed by atoms with Crippen molar-refractivity contribution in [2.45, 2.75) is 38.1 Å². The van der Waals surface area contributed by atoms with Crippen LogP contribution >= 0.6 is 57.6 Å². The normalized spacial score (nSPS) is 19.3. The molecular weight excluding hydrogens is 634 g/mol. The molecule has 0 aromatic heterocycles. The van der Waals surface area contributed by atoms with Crippen molar-refractivity contribution in [3.63, 3.8) is 0 Å². The minimum atomic E-state index is -0.415. The molecule has 0 aliphatic carbocycles. The van der Waals surface area contributed by atoms with Crippen molar-refractivity contribution in [3.8, 4) is 11.5 Å². The predicted octanol–water partition coefficient (Wildman–Crippen LogP) is 4.94. The molecule has 2 aromatic rings. The average molecular weight is 657 g/mol. The third-order valence-electron chi connectivity index (χ3n) is 5.14. The highest BCUT2D eigenvalue weighted by Gasteiger charge is 2.28. The Balaban J connectivity index is 0.00000256. The van der Waals surface area contributed by atoms with Crippen LogP contribution in [0, 0.1) is 7.14 Å². The molecule has 0 saturated carbocycles. The molecule has 1 N–H and O–H groups in total. The number of aryl methyl sites for hydroxylation is 2. The lowest BCUT2D eigenvalue weighted by Gasteiger charge is -2.32. The predicted molar refractivity (Wildman–Crippen MR) is 133 cm³/mol. The molecule has 0 radical (unpaired) electrons. The fourth-order valence-corrected chi connectivity index (χ4v) is 4.64. The number of nitrogens with zero attached hydrogens (tertiary/aromatic N) is 1. The number of halogens is 3. The summed E-state index contributed by atoms with van der Waals surface area (Å²) >= 11 is 4.60. The van der Waals surface area contributed by atoms with Crippen molar-refractivity contribution in [1.82, 2.24) is 10.2 Å². The van der Waals surface area contributed by atoms with Crippen LogP contribution in [0.25, 0.3) is 0 Å². The summed E-state index contributed by atoms with van der Waals surface area (Å²) in [6.45, 7) is 0.0923. The molecule has 2 heterocycles. The summed E-state index contributed by atoms with van der Waals surface area (Å²) in [5.41, 5.74) is 2.40. The summed E-state index contributed by atoms with van der Waals surface area (Å²) in [5.74, 6) is 1.73. The highest BCUT2D eigenvalue weighted by molar-refractivity contribution is 14.1. The number of carbonyl (C=O) groups is 1. The lowest BCUT2D eigenvalue weighted by Crippen LogP contribution is -2.45. The first-order valence-electron chi connectivity index (χ1n) is 9.53. The van der Waals surface area contributed by atoms with Crippen molar-refractivity contribution in [2.24, 2.45) is 0 Å². The molecule has 0 unspecified atom stereocenters. The van der Waals surface area contributed by atoms with Gasteiger partial charge in [-0.15, -0.1) is 12.4 Å². The first kappa shape index (κ1) is 23.7. The van der Waals surface area contributed by atoms with E-state index in [1.807, 2.05) is 24.3 Å². The topological polar surface area (TPSA) is 60.0 Å². The van der Waals surface area contributed by atoms with Crippen molar-refractivity contribution < 1.29 is 19.0 Å². The number of rotatable bonds is 4. The van der Waals surface area contributed by atoms with E-state index in [1.165, 1.54) is 23.2 Å². The van der Waals surface area contributed by atoms with Crippen LogP contribution in [0.4, 0.5) is 4.79 Å². The van der Waals surface area contributed by atoms with Gasteiger partial charge in [0, 0.05) is 27.0 Å². The first-order chi connectivity index (χ1) is 14.0. The maximum Gasteiger partial charge on any atom is 0.413 e. The Labute approximate surface area is 209 Å². The van der Waals surface area contributed by atoms with Crippen LogP contribution in [-0.4, -0.2) is 37.2 Å². The van der Waals surface area contributed by atoms with Gasteiger partial charge in [0.1, 0.15) is 18.2 Å². The second-order valence-electron chi connectivity index (χ2n) is 7.13. The van der Waals surface area contributed by atoms with Gasteiger partial charge in [-0.2, -0.15) is 0 Å². The summed E-state index contributed by atoms with van der Waals surface area (Å²) in [6, 6.07) is 12.3. The monoisotopic (exact) mass is 656 g/mol. The number of hydrogen-bond acceptors (Lipinski definition) is 5. The number of ether oxygens (including phenoxy) is 3. The maximum atomic E-state index is 12.4. The number of amides is 1. The summed E-state index contributed by atoms with van der Waals surface area (Å²) in [5, 5.41) is 3.15. The Hall–Kier alpha value is -0.980. The zero-order chi connectivity index (χ0) is 20.4.